The Hall–Kier alpha value is -2.38. The van der Waals surface area contributed by atoms with Crippen molar-refractivity contribution in [2.75, 3.05) is 31.1 Å². The summed E-state index contributed by atoms with van der Waals surface area (Å²) >= 11 is 0. The maximum Gasteiger partial charge on any atom is 0.324 e. The number of rotatable bonds is 5. The topological polar surface area (TPSA) is 93.1 Å². The highest BCUT2D eigenvalue weighted by Gasteiger charge is 2.56. The number of fused-ring (bicyclic) bond motifs is 4. The van der Waals surface area contributed by atoms with Gasteiger partial charge in [0.1, 0.15) is 0 Å². The molecular weight excluding hydrogens is 514 g/mol. The first-order valence-electron chi connectivity index (χ1n) is 16.2. The molecule has 6 rings (SSSR count). The molecular formula is C34H49N3O4. The lowest BCUT2D eigenvalue weighted by Gasteiger charge is -2.53. The van der Waals surface area contributed by atoms with E-state index in [0.717, 1.165) is 70.1 Å². The number of nitrogens with zero attached hydrogens (tertiary/aromatic N) is 2. The van der Waals surface area contributed by atoms with Gasteiger partial charge in [0.05, 0.1) is 12.2 Å². The molecule has 224 valence electrons. The van der Waals surface area contributed by atoms with Gasteiger partial charge in [-0.2, -0.15) is 0 Å². The highest BCUT2D eigenvalue weighted by Crippen LogP contribution is 2.62. The maximum atomic E-state index is 12.8. The van der Waals surface area contributed by atoms with E-state index < -0.39 is 0 Å². The van der Waals surface area contributed by atoms with E-state index in [0.29, 0.717) is 49.1 Å². The number of hydrogen-bond donors (Lipinski definition) is 3. The Balaban J connectivity index is 1.02. The average Bonchev–Trinajstić information content (AvgIpc) is 3.35. The lowest BCUT2D eigenvalue weighted by molar-refractivity contribution is -0.120. The van der Waals surface area contributed by atoms with Gasteiger partial charge in [-0.1, -0.05) is 43.2 Å². The van der Waals surface area contributed by atoms with E-state index in [4.69, 9.17) is 0 Å². The zero-order valence-corrected chi connectivity index (χ0v) is 24.9. The SMILES string of the molecule is CC(CCC(=O)NC(=O)N1CCN(c2ccccc2)CC1)C1CCC2=C3CCC4CC(O)CCC4C3CC(O)C21C. The van der Waals surface area contributed by atoms with E-state index in [9.17, 15) is 19.8 Å². The molecule has 3 saturated carbocycles. The van der Waals surface area contributed by atoms with Crippen LogP contribution in [0.4, 0.5) is 10.5 Å². The van der Waals surface area contributed by atoms with Crippen molar-refractivity contribution in [3.63, 3.8) is 0 Å². The van der Waals surface area contributed by atoms with Gasteiger partial charge in [-0.05, 0) is 99.5 Å². The van der Waals surface area contributed by atoms with Crippen LogP contribution >= 0.6 is 0 Å². The maximum absolute atomic E-state index is 12.8. The summed E-state index contributed by atoms with van der Waals surface area (Å²) in [5.41, 5.74) is 4.12. The lowest BCUT2D eigenvalue weighted by atomic mass is 9.53. The van der Waals surface area contributed by atoms with Gasteiger partial charge in [0.25, 0.3) is 0 Å². The van der Waals surface area contributed by atoms with Crippen molar-refractivity contribution in [2.24, 2.45) is 35.0 Å². The van der Waals surface area contributed by atoms with Crippen LogP contribution in [0.3, 0.4) is 0 Å². The van der Waals surface area contributed by atoms with E-state index in [2.05, 4.69) is 36.2 Å². The summed E-state index contributed by atoms with van der Waals surface area (Å²) < 4.78 is 0. The van der Waals surface area contributed by atoms with Crippen LogP contribution in [0.5, 0.6) is 0 Å². The Kier molecular flexibility index (Phi) is 8.21. The third-order valence-electron chi connectivity index (χ3n) is 11.9. The fraction of sp³-hybridized carbons (Fsp3) is 0.706. The number of para-hydroxylation sites is 1. The Labute approximate surface area is 245 Å². The number of piperazine rings is 1. The highest BCUT2D eigenvalue weighted by molar-refractivity contribution is 5.94. The third kappa shape index (κ3) is 5.45. The van der Waals surface area contributed by atoms with Crippen molar-refractivity contribution >= 4 is 17.6 Å². The van der Waals surface area contributed by atoms with Crippen molar-refractivity contribution in [3.8, 4) is 0 Å². The van der Waals surface area contributed by atoms with Crippen LogP contribution in [-0.4, -0.2) is 65.4 Å². The minimum Gasteiger partial charge on any atom is -0.393 e. The summed E-state index contributed by atoms with van der Waals surface area (Å²) in [6.07, 6.45) is 8.79. The standard InChI is InChI=1S/C34H49N3O4/c1-22(8-15-32(40)35-33(41)37-18-16-36(17-19-37)24-6-4-3-5-7-24)29-13-14-30-27-11-9-23-20-25(38)10-12-26(23)28(27)21-31(39)34(29,30)2/h3-7,22-23,25-26,28-29,31,38-39H,8-21H2,1-2H3,(H,35,40,41). The average molecular weight is 564 g/mol. The van der Waals surface area contributed by atoms with E-state index in [-0.39, 0.29) is 29.6 Å². The first kappa shape index (κ1) is 28.7. The van der Waals surface area contributed by atoms with Gasteiger partial charge in [-0.3, -0.25) is 10.1 Å². The predicted molar refractivity (Wildman–Crippen MR) is 160 cm³/mol. The number of carbonyl (C=O) groups excluding carboxylic acids is 2. The quantitative estimate of drug-likeness (QED) is 0.432. The summed E-state index contributed by atoms with van der Waals surface area (Å²) in [5, 5.41) is 24.5. The summed E-state index contributed by atoms with van der Waals surface area (Å²) in [6.45, 7) is 7.24. The lowest BCUT2D eigenvalue weighted by Crippen LogP contribution is -2.52. The first-order valence-corrected chi connectivity index (χ1v) is 16.2. The molecule has 0 radical (unpaired) electrons. The van der Waals surface area contributed by atoms with Gasteiger partial charge in [0, 0.05) is 43.7 Å². The van der Waals surface area contributed by atoms with Gasteiger partial charge >= 0.3 is 6.03 Å². The van der Waals surface area contributed by atoms with Gasteiger partial charge in [-0.15, -0.1) is 0 Å². The molecule has 0 spiro atoms. The van der Waals surface area contributed by atoms with E-state index in [1.807, 2.05) is 18.2 Å². The summed E-state index contributed by atoms with van der Waals surface area (Å²) in [5.74, 6) is 2.15. The number of benzene rings is 1. The molecule has 8 atom stereocenters. The van der Waals surface area contributed by atoms with Crippen molar-refractivity contribution in [2.45, 2.75) is 90.3 Å². The zero-order valence-electron chi connectivity index (χ0n) is 24.9. The number of imide groups is 1. The minimum absolute atomic E-state index is 0.140. The fourth-order valence-electron chi connectivity index (χ4n) is 9.64. The number of allylic oxidation sites excluding steroid dienone is 1. The molecule has 3 N–H and O–H groups in total. The molecule has 4 fully saturated rings. The van der Waals surface area contributed by atoms with Crippen LogP contribution in [0.2, 0.25) is 0 Å². The Morgan fingerprint density at radius 3 is 2.51 bits per heavy atom. The second kappa shape index (κ2) is 11.7. The number of nitrogens with one attached hydrogen (secondary N) is 1. The minimum atomic E-state index is -0.350. The van der Waals surface area contributed by atoms with Gasteiger partial charge in [0.15, 0.2) is 0 Å². The van der Waals surface area contributed by atoms with Crippen molar-refractivity contribution < 1.29 is 19.8 Å². The largest absolute Gasteiger partial charge is 0.393 e. The summed E-state index contributed by atoms with van der Waals surface area (Å²) in [4.78, 5) is 29.7. The normalized spacial score (nSPS) is 35.8. The second-order valence-corrected chi connectivity index (χ2v) is 13.9. The molecule has 7 nitrogen and oxygen atoms in total. The summed E-state index contributed by atoms with van der Waals surface area (Å²) in [6, 6.07) is 9.94. The Morgan fingerprint density at radius 2 is 1.76 bits per heavy atom. The van der Waals surface area contributed by atoms with Crippen molar-refractivity contribution in [1.29, 1.82) is 0 Å². The van der Waals surface area contributed by atoms with E-state index in [1.54, 1.807) is 10.5 Å². The molecule has 3 amide bonds. The van der Waals surface area contributed by atoms with Crippen molar-refractivity contribution in [3.05, 3.63) is 41.5 Å². The van der Waals surface area contributed by atoms with Gasteiger partial charge < -0.3 is 20.0 Å². The summed E-state index contributed by atoms with van der Waals surface area (Å²) in [7, 11) is 0. The number of hydrogen-bond acceptors (Lipinski definition) is 5. The molecule has 1 aromatic rings. The molecule has 0 aromatic heterocycles. The predicted octanol–water partition coefficient (Wildman–Crippen LogP) is 5.13. The number of urea groups is 1. The van der Waals surface area contributed by atoms with Crippen LogP contribution < -0.4 is 10.2 Å². The van der Waals surface area contributed by atoms with Crippen LogP contribution in [0.25, 0.3) is 0 Å². The third-order valence-corrected chi connectivity index (χ3v) is 11.9. The van der Waals surface area contributed by atoms with Gasteiger partial charge in [-0.25, -0.2) is 4.79 Å². The van der Waals surface area contributed by atoms with Gasteiger partial charge in [0.2, 0.25) is 5.91 Å². The Bertz CT molecular complexity index is 1150. The van der Waals surface area contributed by atoms with E-state index in [1.165, 1.54) is 12.0 Å². The molecule has 0 bridgehead atoms. The molecule has 7 heteroatoms. The zero-order chi connectivity index (χ0) is 28.7. The molecule has 8 unspecified atom stereocenters. The molecule has 5 aliphatic rings. The molecule has 1 aliphatic heterocycles. The first-order chi connectivity index (χ1) is 19.8. The number of carbonyl (C=O) groups is 2. The molecule has 41 heavy (non-hydrogen) atoms. The van der Waals surface area contributed by atoms with Crippen molar-refractivity contribution in [1.82, 2.24) is 10.2 Å². The van der Waals surface area contributed by atoms with Crippen LogP contribution in [0.15, 0.2) is 41.5 Å². The monoisotopic (exact) mass is 563 g/mol. The molecule has 1 aromatic carbocycles. The number of aliphatic hydroxyl groups excluding tert-OH is 2. The second-order valence-electron chi connectivity index (χ2n) is 13.9. The number of aliphatic hydroxyl groups is 2. The molecule has 1 heterocycles. The van der Waals surface area contributed by atoms with Crippen LogP contribution in [0, 0.1) is 35.0 Å². The van der Waals surface area contributed by atoms with E-state index >= 15 is 0 Å². The number of amides is 3. The Morgan fingerprint density at radius 1 is 1.00 bits per heavy atom. The van der Waals surface area contributed by atoms with Crippen LogP contribution in [-0.2, 0) is 4.79 Å². The molecule has 1 saturated heterocycles. The van der Waals surface area contributed by atoms with Crippen LogP contribution in [0.1, 0.15) is 78.1 Å². The fourth-order valence-corrected chi connectivity index (χ4v) is 9.64. The molecule has 4 aliphatic carbocycles. The number of anilines is 1. The highest BCUT2D eigenvalue weighted by atomic mass is 16.3. The smallest absolute Gasteiger partial charge is 0.324 e.